The van der Waals surface area contributed by atoms with Crippen molar-refractivity contribution in [3.8, 4) is 0 Å². The van der Waals surface area contributed by atoms with E-state index in [0.29, 0.717) is 13.1 Å². The molecule has 1 rings (SSSR count). The number of amides is 2. The molecule has 0 bridgehead atoms. The second-order valence-electron chi connectivity index (χ2n) is 4.49. The molecule has 2 amide bonds. The van der Waals surface area contributed by atoms with Gasteiger partial charge in [0.25, 0.3) is 0 Å². The summed E-state index contributed by atoms with van der Waals surface area (Å²) in [5.41, 5.74) is -0.106. The Morgan fingerprint density at radius 1 is 1.45 bits per heavy atom. The van der Waals surface area contributed by atoms with Gasteiger partial charge in [-0.05, 0) is 12.8 Å². The lowest BCUT2D eigenvalue weighted by Gasteiger charge is -2.26. The average molecular weight is 283 g/mol. The summed E-state index contributed by atoms with van der Waals surface area (Å²) in [4.78, 5) is 24.2. The molecular formula is C12H21N5O3. The molecular weight excluding hydrogens is 262 g/mol. The van der Waals surface area contributed by atoms with Gasteiger partial charge in [0.1, 0.15) is 0 Å². The molecule has 0 aromatic carbocycles. The number of nitrogens with zero attached hydrogens (tertiary/aromatic N) is 4. The Morgan fingerprint density at radius 2 is 2.10 bits per heavy atom. The summed E-state index contributed by atoms with van der Waals surface area (Å²) in [5.74, 6) is -1.12. The van der Waals surface area contributed by atoms with E-state index >= 15 is 0 Å². The van der Waals surface area contributed by atoms with Gasteiger partial charge in [-0.25, -0.2) is 14.3 Å². The van der Waals surface area contributed by atoms with E-state index in [9.17, 15) is 9.59 Å². The SMILES string of the molecule is CCC(CC)N(C)C(=O)NCCn1cc(C(=O)O)nn1. The lowest BCUT2D eigenvalue weighted by molar-refractivity contribution is 0.0690. The molecule has 0 atom stereocenters. The summed E-state index contributed by atoms with van der Waals surface area (Å²) >= 11 is 0. The van der Waals surface area contributed by atoms with Gasteiger partial charge in [0.15, 0.2) is 5.69 Å². The van der Waals surface area contributed by atoms with Crippen LogP contribution in [-0.4, -0.2) is 56.6 Å². The summed E-state index contributed by atoms with van der Waals surface area (Å²) in [7, 11) is 1.77. The molecule has 8 heteroatoms. The number of urea groups is 1. The van der Waals surface area contributed by atoms with Crippen molar-refractivity contribution in [2.24, 2.45) is 0 Å². The van der Waals surface area contributed by atoms with Crippen molar-refractivity contribution < 1.29 is 14.7 Å². The molecule has 0 saturated carbocycles. The molecule has 0 fully saturated rings. The van der Waals surface area contributed by atoms with Crippen LogP contribution in [0.4, 0.5) is 4.79 Å². The van der Waals surface area contributed by atoms with Crippen LogP contribution in [0, 0.1) is 0 Å². The van der Waals surface area contributed by atoms with Crippen LogP contribution in [-0.2, 0) is 6.54 Å². The molecule has 1 aromatic rings. The highest BCUT2D eigenvalue weighted by atomic mass is 16.4. The van der Waals surface area contributed by atoms with Crippen molar-refractivity contribution in [3.63, 3.8) is 0 Å². The maximum atomic E-state index is 11.9. The summed E-state index contributed by atoms with van der Waals surface area (Å²) in [6.07, 6.45) is 3.15. The van der Waals surface area contributed by atoms with Crippen molar-refractivity contribution in [3.05, 3.63) is 11.9 Å². The normalized spacial score (nSPS) is 10.6. The molecule has 0 aliphatic heterocycles. The number of nitrogens with one attached hydrogen (secondary N) is 1. The Kier molecular flexibility index (Phi) is 5.95. The first-order valence-electron chi connectivity index (χ1n) is 6.63. The zero-order valence-corrected chi connectivity index (χ0v) is 12.0. The Labute approximate surface area is 117 Å². The summed E-state index contributed by atoms with van der Waals surface area (Å²) < 4.78 is 1.39. The van der Waals surface area contributed by atoms with Crippen LogP contribution in [0.25, 0.3) is 0 Å². The quantitative estimate of drug-likeness (QED) is 0.771. The standard InChI is InChI=1S/C12H21N5O3/c1-4-9(5-2)16(3)12(20)13-6-7-17-8-10(11(18)19)14-15-17/h8-9H,4-7H2,1-3H3,(H,13,20)(H,18,19). The number of hydrogen-bond donors (Lipinski definition) is 2. The molecule has 0 spiro atoms. The minimum atomic E-state index is -1.12. The van der Waals surface area contributed by atoms with E-state index in [1.54, 1.807) is 11.9 Å². The van der Waals surface area contributed by atoms with Crippen LogP contribution < -0.4 is 5.32 Å². The van der Waals surface area contributed by atoms with Crippen LogP contribution in [0.1, 0.15) is 37.2 Å². The zero-order valence-electron chi connectivity index (χ0n) is 12.0. The van der Waals surface area contributed by atoms with Gasteiger partial charge in [0.05, 0.1) is 12.7 Å². The van der Waals surface area contributed by atoms with Crippen molar-refractivity contribution in [2.75, 3.05) is 13.6 Å². The van der Waals surface area contributed by atoms with Gasteiger partial charge >= 0.3 is 12.0 Å². The Balaban J connectivity index is 2.39. The molecule has 0 radical (unpaired) electrons. The van der Waals surface area contributed by atoms with Crippen LogP contribution in [0.3, 0.4) is 0 Å². The molecule has 0 aliphatic rings. The summed E-state index contributed by atoms with van der Waals surface area (Å²) in [5, 5.41) is 18.6. The fourth-order valence-corrected chi connectivity index (χ4v) is 1.91. The third kappa shape index (κ3) is 4.22. The fraction of sp³-hybridized carbons (Fsp3) is 0.667. The molecule has 1 heterocycles. The van der Waals surface area contributed by atoms with Gasteiger partial charge in [-0.15, -0.1) is 5.10 Å². The number of carboxylic acids is 1. The first kappa shape index (κ1) is 15.9. The highest BCUT2D eigenvalue weighted by Gasteiger charge is 2.16. The van der Waals surface area contributed by atoms with E-state index < -0.39 is 5.97 Å². The highest BCUT2D eigenvalue weighted by Crippen LogP contribution is 2.05. The van der Waals surface area contributed by atoms with Gasteiger partial charge in [0, 0.05) is 19.6 Å². The number of aromatic carboxylic acids is 1. The van der Waals surface area contributed by atoms with Crippen molar-refractivity contribution >= 4 is 12.0 Å². The lowest BCUT2D eigenvalue weighted by Crippen LogP contribution is -2.44. The van der Waals surface area contributed by atoms with E-state index in [2.05, 4.69) is 15.6 Å². The zero-order chi connectivity index (χ0) is 15.1. The first-order chi connectivity index (χ1) is 9.49. The molecule has 20 heavy (non-hydrogen) atoms. The van der Waals surface area contributed by atoms with Gasteiger partial charge in [-0.1, -0.05) is 19.1 Å². The van der Waals surface area contributed by atoms with Crippen LogP contribution in [0.2, 0.25) is 0 Å². The smallest absolute Gasteiger partial charge is 0.358 e. The van der Waals surface area contributed by atoms with Gasteiger partial charge in [0.2, 0.25) is 0 Å². The topological polar surface area (TPSA) is 100 Å². The molecule has 0 aliphatic carbocycles. The number of carbonyl (C=O) groups excluding carboxylic acids is 1. The van der Waals surface area contributed by atoms with Gasteiger partial charge < -0.3 is 15.3 Å². The molecule has 8 nitrogen and oxygen atoms in total. The van der Waals surface area contributed by atoms with E-state index in [0.717, 1.165) is 12.8 Å². The number of carboxylic acid groups (broad SMARTS) is 1. The Morgan fingerprint density at radius 3 is 2.60 bits per heavy atom. The van der Waals surface area contributed by atoms with Crippen LogP contribution >= 0.6 is 0 Å². The summed E-state index contributed by atoms with van der Waals surface area (Å²) in [6, 6.07) is 0.0808. The van der Waals surface area contributed by atoms with E-state index in [-0.39, 0.29) is 17.8 Å². The number of aromatic nitrogens is 3. The molecule has 112 valence electrons. The van der Waals surface area contributed by atoms with Crippen molar-refractivity contribution in [1.29, 1.82) is 0 Å². The highest BCUT2D eigenvalue weighted by molar-refractivity contribution is 5.84. The molecule has 0 unspecified atom stereocenters. The van der Waals surface area contributed by atoms with Gasteiger partial charge in [-0.3, -0.25) is 0 Å². The second-order valence-corrected chi connectivity index (χ2v) is 4.49. The monoisotopic (exact) mass is 283 g/mol. The number of hydrogen-bond acceptors (Lipinski definition) is 4. The minimum Gasteiger partial charge on any atom is -0.476 e. The third-order valence-corrected chi connectivity index (χ3v) is 3.19. The van der Waals surface area contributed by atoms with Crippen molar-refractivity contribution in [1.82, 2.24) is 25.2 Å². The number of rotatable bonds is 7. The maximum Gasteiger partial charge on any atom is 0.358 e. The first-order valence-corrected chi connectivity index (χ1v) is 6.63. The second kappa shape index (κ2) is 7.46. The summed E-state index contributed by atoms with van der Waals surface area (Å²) in [6.45, 7) is 4.83. The Hall–Kier alpha value is -2.12. The maximum absolute atomic E-state index is 11.9. The van der Waals surface area contributed by atoms with E-state index in [1.165, 1.54) is 10.9 Å². The lowest BCUT2D eigenvalue weighted by atomic mass is 10.1. The van der Waals surface area contributed by atoms with Crippen molar-refractivity contribution in [2.45, 2.75) is 39.3 Å². The van der Waals surface area contributed by atoms with E-state index in [1.807, 2.05) is 13.8 Å². The van der Waals surface area contributed by atoms with Crippen LogP contribution in [0.5, 0.6) is 0 Å². The Bertz CT molecular complexity index is 456. The number of carbonyl (C=O) groups is 2. The average Bonchev–Trinajstić information content (AvgIpc) is 2.89. The molecule has 2 N–H and O–H groups in total. The minimum absolute atomic E-state index is 0.106. The largest absolute Gasteiger partial charge is 0.476 e. The molecule has 1 aromatic heterocycles. The fourth-order valence-electron chi connectivity index (χ4n) is 1.91. The van der Waals surface area contributed by atoms with E-state index in [4.69, 9.17) is 5.11 Å². The van der Waals surface area contributed by atoms with Gasteiger partial charge in [-0.2, -0.15) is 0 Å². The predicted molar refractivity (Wildman–Crippen MR) is 72.5 cm³/mol. The predicted octanol–water partition coefficient (Wildman–Crippen LogP) is 0.806. The van der Waals surface area contributed by atoms with Crippen LogP contribution in [0.15, 0.2) is 6.20 Å². The third-order valence-electron chi connectivity index (χ3n) is 3.19. The molecule has 0 saturated heterocycles.